The minimum absolute atomic E-state index is 0.0498. The highest BCUT2D eigenvalue weighted by Crippen LogP contribution is 2.78. The SMILES string of the molecule is C=CC(=O)OC(C)[Si](C)(C)C12CC(CCC1C)C2(C)C. The second-order valence-corrected chi connectivity index (χ2v) is 13.2. The van der Waals surface area contributed by atoms with Crippen LogP contribution in [0.25, 0.3) is 0 Å². The molecule has 114 valence electrons. The maximum atomic E-state index is 11.6. The van der Waals surface area contributed by atoms with Gasteiger partial charge >= 0.3 is 5.97 Å². The Kier molecular flexibility index (Phi) is 3.73. The number of fused-ring (bicyclic) bond motifs is 2. The molecule has 0 aromatic rings. The number of ether oxygens (including phenoxy) is 1. The number of esters is 1. The zero-order valence-electron chi connectivity index (χ0n) is 14.0. The third kappa shape index (κ3) is 1.78. The highest BCUT2D eigenvalue weighted by atomic mass is 28.3. The lowest BCUT2D eigenvalue weighted by Gasteiger charge is -2.74. The van der Waals surface area contributed by atoms with E-state index in [0.29, 0.717) is 10.5 Å². The van der Waals surface area contributed by atoms with Gasteiger partial charge in [-0.2, -0.15) is 0 Å². The maximum absolute atomic E-state index is 11.6. The van der Waals surface area contributed by atoms with E-state index >= 15 is 0 Å². The molecule has 4 unspecified atom stereocenters. The first-order chi connectivity index (χ1) is 9.11. The molecule has 0 aromatic heterocycles. The molecule has 0 amide bonds. The fraction of sp³-hybridized carbons (Fsp3) is 0.824. The lowest BCUT2D eigenvalue weighted by atomic mass is 9.45. The molecular weight excluding hydrogens is 264 g/mol. The summed E-state index contributed by atoms with van der Waals surface area (Å²) >= 11 is 0. The molecule has 2 nitrogen and oxygen atoms in total. The lowest BCUT2D eigenvalue weighted by molar-refractivity contribution is -0.140. The van der Waals surface area contributed by atoms with E-state index in [4.69, 9.17) is 4.74 Å². The van der Waals surface area contributed by atoms with Crippen molar-refractivity contribution in [2.45, 2.75) is 70.8 Å². The second kappa shape index (κ2) is 4.72. The first-order valence-corrected chi connectivity index (χ1v) is 11.0. The monoisotopic (exact) mass is 294 g/mol. The summed E-state index contributed by atoms with van der Waals surface area (Å²) in [6.45, 7) is 17.8. The van der Waals surface area contributed by atoms with Gasteiger partial charge in [0.05, 0.1) is 5.73 Å². The van der Waals surface area contributed by atoms with E-state index in [2.05, 4.69) is 47.4 Å². The quantitative estimate of drug-likeness (QED) is 0.431. The minimum Gasteiger partial charge on any atom is -0.463 e. The van der Waals surface area contributed by atoms with Gasteiger partial charge in [-0.1, -0.05) is 46.9 Å². The Labute approximate surface area is 125 Å². The highest BCUT2D eigenvalue weighted by molar-refractivity contribution is 6.82. The van der Waals surface area contributed by atoms with Crippen molar-refractivity contribution in [2.75, 3.05) is 0 Å². The Hall–Kier alpha value is -0.573. The maximum Gasteiger partial charge on any atom is 0.330 e. The number of rotatable bonds is 4. The van der Waals surface area contributed by atoms with Gasteiger partial charge in [-0.05, 0) is 42.1 Å². The van der Waals surface area contributed by atoms with E-state index in [1.165, 1.54) is 25.3 Å². The van der Waals surface area contributed by atoms with Crippen LogP contribution in [0.2, 0.25) is 18.1 Å². The number of hydrogen-bond acceptors (Lipinski definition) is 2. The van der Waals surface area contributed by atoms with Crippen molar-refractivity contribution < 1.29 is 9.53 Å². The van der Waals surface area contributed by atoms with Crippen LogP contribution in [-0.2, 0) is 9.53 Å². The van der Waals surface area contributed by atoms with Gasteiger partial charge in [-0.25, -0.2) is 4.79 Å². The van der Waals surface area contributed by atoms with Crippen LogP contribution in [-0.4, -0.2) is 19.8 Å². The molecule has 0 aliphatic heterocycles. The Bertz CT molecular complexity index is 427. The van der Waals surface area contributed by atoms with Gasteiger partial charge in [-0.15, -0.1) is 0 Å². The molecule has 0 spiro atoms. The second-order valence-electron chi connectivity index (χ2n) is 8.08. The van der Waals surface area contributed by atoms with Crippen LogP contribution in [0.3, 0.4) is 0 Å². The molecule has 2 bridgehead atoms. The zero-order chi connectivity index (χ0) is 15.3. The summed E-state index contributed by atoms with van der Waals surface area (Å²) in [7, 11) is -1.73. The predicted molar refractivity (Wildman–Crippen MR) is 86.2 cm³/mol. The molecular formula is C17H30O2Si. The molecule has 3 fully saturated rings. The highest BCUT2D eigenvalue weighted by Gasteiger charge is 2.71. The van der Waals surface area contributed by atoms with E-state index in [0.717, 1.165) is 11.8 Å². The molecule has 4 atom stereocenters. The van der Waals surface area contributed by atoms with Crippen LogP contribution in [0, 0.1) is 17.3 Å². The molecule has 3 aliphatic carbocycles. The fourth-order valence-electron chi connectivity index (χ4n) is 5.60. The molecule has 0 aromatic carbocycles. The van der Waals surface area contributed by atoms with Crippen molar-refractivity contribution in [3.05, 3.63) is 12.7 Å². The number of hydrogen-bond donors (Lipinski definition) is 0. The summed E-state index contributed by atoms with van der Waals surface area (Å²) in [5.74, 6) is 1.34. The summed E-state index contributed by atoms with van der Waals surface area (Å²) in [5.41, 5.74) is 0.448. The van der Waals surface area contributed by atoms with Crippen LogP contribution < -0.4 is 0 Å². The zero-order valence-corrected chi connectivity index (χ0v) is 15.0. The molecule has 3 heteroatoms. The van der Waals surface area contributed by atoms with E-state index in [-0.39, 0.29) is 11.7 Å². The van der Waals surface area contributed by atoms with Crippen molar-refractivity contribution in [3.8, 4) is 0 Å². The fourth-order valence-corrected chi connectivity index (χ4v) is 10.8. The van der Waals surface area contributed by atoms with Gasteiger partial charge in [0.1, 0.15) is 8.07 Å². The molecule has 3 rings (SSSR count). The van der Waals surface area contributed by atoms with Gasteiger partial charge in [0, 0.05) is 6.08 Å². The Morgan fingerprint density at radius 3 is 2.45 bits per heavy atom. The van der Waals surface area contributed by atoms with E-state index in [9.17, 15) is 4.79 Å². The third-order valence-electron chi connectivity index (χ3n) is 7.15. The van der Waals surface area contributed by atoms with Crippen LogP contribution in [0.15, 0.2) is 12.7 Å². The lowest BCUT2D eigenvalue weighted by Crippen LogP contribution is -2.70. The van der Waals surface area contributed by atoms with Gasteiger partial charge in [0.25, 0.3) is 0 Å². The molecule has 20 heavy (non-hydrogen) atoms. The summed E-state index contributed by atoms with van der Waals surface area (Å²) in [6, 6.07) is 0. The normalized spacial score (nSPS) is 36.7. The number of carbonyl (C=O) groups excluding carboxylic acids is 1. The van der Waals surface area contributed by atoms with Gasteiger partial charge < -0.3 is 4.74 Å². The largest absolute Gasteiger partial charge is 0.463 e. The first-order valence-electron chi connectivity index (χ1n) is 7.94. The molecule has 3 aliphatic rings. The molecule has 0 N–H and O–H groups in total. The van der Waals surface area contributed by atoms with Crippen LogP contribution >= 0.6 is 0 Å². The summed E-state index contributed by atoms with van der Waals surface area (Å²) < 4.78 is 5.65. The van der Waals surface area contributed by atoms with Crippen molar-refractivity contribution >= 4 is 14.0 Å². The van der Waals surface area contributed by atoms with Crippen molar-refractivity contribution in [1.29, 1.82) is 0 Å². The van der Waals surface area contributed by atoms with E-state index in [1.54, 1.807) is 0 Å². The summed E-state index contributed by atoms with van der Waals surface area (Å²) in [5, 5.41) is 0.407. The van der Waals surface area contributed by atoms with Gasteiger partial charge in [0.15, 0.2) is 0 Å². The third-order valence-corrected chi connectivity index (χ3v) is 12.9. The topological polar surface area (TPSA) is 26.3 Å². The average Bonchev–Trinajstić information content (AvgIpc) is 2.37. The van der Waals surface area contributed by atoms with Gasteiger partial charge in [0.2, 0.25) is 0 Å². The van der Waals surface area contributed by atoms with Crippen molar-refractivity contribution in [3.63, 3.8) is 0 Å². The van der Waals surface area contributed by atoms with Crippen LogP contribution in [0.1, 0.15) is 47.0 Å². The predicted octanol–water partition coefficient (Wildman–Crippen LogP) is 4.57. The van der Waals surface area contributed by atoms with Crippen LogP contribution in [0.4, 0.5) is 0 Å². The van der Waals surface area contributed by atoms with Crippen molar-refractivity contribution in [1.82, 2.24) is 0 Å². The Balaban J connectivity index is 2.32. The minimum atomic E-state index is -1.73. The summed E-state index contributed by atoms with van der Waals surface area (Å²) in [6.07, 6.45) is 5.35. The Morgan fingerprint density at radius 1 is 1.40 bits per heavy atom. The smallest absolute Gasteiger partial charge is 0.330 e. The molecule has 0 heterocycles. The van der Waals surface area contributed by atoms with Crippen LogP contribution in [0.5, 0.6) is 0 Å². The standard InChI is InChI=1S/C17H30O2Si/c1-8-15(18)19-13(3)20(6,7)17-11-14(16(17,4)5)10-9-12(17)2/h8,12-14H,1,9-11H2,2-7H3. The van der Waals surface area contributed by atoms with Gasteiger partial charge in [-0.3, -0.25) is 0 Å². The van der Waals surface area contributed by atoms with E-state index < -0.39 is 8.07 Å². The summed E-state index contributed by atoms with van der Waals surface area (Å²) in [4.78, 5) is 11.6. The Morgan fingerprint density at radius 2 is 2.00 bits per heavy atom. The molecule has 0 saturated heterocycles. The molecule has 0 radical (unpaired) electrons. The number of carbonyl (C=O) groups is 1. The van der Waals surface area contributed by atoms with Crippen molar-refractivity contribution in [2.24, 2.45) is 17.3 Å². The molecule has 3 saturated carbocycles. The first kappa shape index (κ1) is 15.8. The average molecular weight is 295 g/mol. The van der Waals surface area contributed by atoms with E-state index in [1.807, 2.05) is 0 Å².